The normalized spacial score (nSPS) is 11.6. The van der Waals surface area contributed by atoms with Gasteiger partial charge in [0.05, 0.1) is 17.6 Å². The molecule has 25 heavy (non-hydrogen) atoms. The van der Waals surface area contributed by atoms with E-state index in [2.05, 4.69) is 23.5 Å². The van der Waals surface area contributed by atoms with Crippen molar-refractivity contribution in [2.75, 3.05) is 26.7 Å². The van der Waals surface area contributed by atoms with Gasteiger partial charge in [-0.05, 0) is 37.9 Å². The molecular formula is C18H26N2O5. The largest absolute Gasteiger partial charge is 0.502 e. The molecule has 0 atom stereocenters. The first-order valence-electron chi connectivity index (χ1n) is 8.42. The van der Waals surface area contributed by atoms with Crippen molar-refractivity contribution in [3.63, 3.8) is 0 Å². The van der Waals surface area contributed by atoms with Crippen molar-refractivity contribution in [1.29, 1.82) is 0 Å². The second-order valence-electron chi connectivity index (χ2n) is 5.72. The van der Waals surface area contributed by atoms with Crippen LogP contribution < -0.4 is 0 Å². The highest BCUT2D eigenvalue weighted by molar-refractivity contribution is 5.92. The molecule has 1 aromatic rings. The highest BCUT2D eigenvalue weighted by Gasteiger charge is 2.19. The van der Waals surface area contributed by atoms with E-state index in [1.807, 2.05) is 0 Å². The molecule has 7 nitrogen and oxygen atoms in total. The summed E-state index contributed by atoms with van der Waals surface area (Å²) in [5, 5.41) is 21.1. The summed E-state index contributed by atoms with van der Waals surface area (Å²) in [7, 11) is 1.14. The fourth-order valence-corrected chi connectivity index (χ4v) is 2.69. The number of hydrogen-bond donors (Lipinski definition) is 1. The zero-order chi connectivity index (χ0) is 18.8. The highest BCUT2D eigenvalue weighted by Crippen LogP contribution is 2.25. The number of aliphatic hydroxyl groups is 1. The van der Waals surface area contributed by atoms with Gasteiger partial charge in [-0.3, -0.25) is 10.1 Å². The van der Waals surface area contributed by atoms with Gasteiger partial charge in [-0.2, -0.15) is 0 Å². The third kappa shape index (κ3) is 6.19. The molecule has 0 saturated heterocycles. The lowest BCUT2D eigenvalue weighted by molar-refractivity contribution is -0.385. The molecule has 0 aliphatic heterocycles. The number of esters is 1. The lowest BCUT2D eigenvalue weighted by atomic mass is 10.0. The van der Waals surface area contributed by atoms with Gasteiger partial charge in [0.2, 0.25) is 5.76 Å². The minimum Gasteiger partial charge on any atom is -0.502 e. The Morgan fingerprint density at radius 1 is 1.28 bits per heavy atom. The summed E-state index contributed by atoms with van der Waals surface area (Å²) >= 11 is 0. The molecule has 0 saturated carbocycles. The molecule has 0 aliphatic carbocycles. The van der Waals surface area contributed by atoms with E-state index in [0.29, 0.717) is 12.0 Å². The zero-order valence-corrected chi connectivity index (χ0v) is 15.0. The molecule has 0 spiro atoms. The van der Waals surface area contributed by atoms with Crippen molar-refractivity contribution < 1.29 is 19.6 Å². The van der Waals surface area contributed by atoms with Crippen molar-refractivity contribution in [2.24, 2.45) is 0 Å². The molecule has 0 heterocycles. The summed E-state index contributed by atoms with van der Waals surface area (Å²) in [5.41, 5.74) is 0.802. The van der Waals surface area contributed by atoms with Gasteiger partial charge < -0.3 is 14.7 Å². The van der Waals surface area contributed by atoms with Gasteiger partial charge in [0.1, 0.15) is 0 Å². The first kappa shape index (κ1) is 20.6. The Balaban J connectivity index is 3.15. The molecule has 1 aromatic carbocycles. The number of nitro groups is 1. The average molecular weight is 350 g/mol. The van der Waals surface area contributed by atoms with Gasteiger partial charge in [0.15, 0.2) is 0 Å². The van der Waals surface area contributed by atoms with E-state index in [4.69, 9.17) is 0 Å². The summed E-state index contributed by atoms with van der Waals surface area (Å²) in [6.45, 7) is 6.89. The smallest absolute Gasteiger partial charge is 0.373 e. The molecule has 1 rings (SSSR count). The first-order chi connectivity index (χ1) is 11.9. The topological polar surface area (TPSA) is 92.9 Å². The van der Waals surface area contributed by atoms with E-state index in [9.17, 15) is 20.0 Å². The van der Waals surface area contributed by atoms with E-state index in [-0.39, 0.29) is 11.3 Å². The summed E-state index contributed by atoms with van der Waals surface area (Å²) < 4.78 is 4.45. The minimum absolute atomic E-state index is 0.148. The molecule has 0 unspecified atom stereocenters. The number of carbonyl (C=O) groups excluding carboxylic acids is 1. The number of aliphatic hydroxyl groups excluding tert-OH is 1. The second-order valence-corrected chi connectivity index (χ2v) is 5.72. The van der Waals surface area contributed by atoms with Gasteiger partial charge in [0, 0.05) is 18.7 Å². The van der Waals surface area contributed by atoms with Crippen LogP contribution in [0.1, 0.15) is 37.8 Å². The number of benzene rings is 1. The molecular weight excluding hydrogens is 324 g/mol. The maximum Gasteiger partial charge on any atom is 0.373 e. The van der Waals surface area contributed by atoms with Crippen molar-refractivity contribution >= 4 is 17.7 Å². The molecule has 0 fully saturated rings. The van der Waals surface area contributed by atoms with Crippen molar-refractivity contribution in [1.82, 2.24) is 4.90 Å². The molecule has 1 N–H and O–H groups in total. The first-order valence-corrected chi connectivity index (χ1v) is 8.42. The summed E-state index contributed by atoms with van der Waals surface area (Å²) in [4.78, 5) is 24.5. The lowest BCUT2D eigenvalue weighted by Gasteiger charge is -2.21. The van der Waals surface area contributed by atoms with Gasteiger partial charge in [-0.1, -0.05) is 26.0 Å². The number of nitro benzene ring substituents is 1. The minimum atomic E-state index is -0.928. The van der Waals surface area contributed by atoms with Crippen LogP contribution in [0.4, 0.5) is 5.69 Å². The Kier molecular flexibility index (Phi) is 8.63. The Bertz CT molecular complexity index is 622. The SMILES string of the molecule is CCCN(CCC)CCc1cccc([N+](=O)[O-])c1/C=C(\O)C(=O)OC. The standard InChI is InChI=1S/C18H26N2O5/c1-4-10-19(11-5-2)12-9-14-7-6-8-16(20(23)24)15(14)13-17(21)18(22)25-3/h6-8,13,21H,4-5,9-12H2,1-3H3/b17-13-. The van der Waals surface area contributed by atoms with E-state index in [1.165, 1.54) is 6.07 Å². The van der Waals surface area contributed by atoms with Crippen LogP contribution in [0, 0.1) is 10.1 Å². The Labute approximate surface area is 148 Å². The van der Waals surface area contributed by atoms with Crippen LogP contribution in [0.5, 0.6) is 0 Å². The number of methoxy groups -OCH3 is 1. The summed E-state index contributed by atoms with van der Waals surface area (Å²) in [5.74, 6) is -1.58. The Hall–Kier alpha value is -2.41. The monoisotopic (exact) mass is 350 g/mol. The van der Waals surface area contributed by atoms with Crippen molar-refractivity contribution in [3.8, 4) is 0 Å². The third-order valence-electron chi connectivity index (χ3n) is 3.82. The maximum atomic E-state index is 11.4. The maximum absolute atomic E-state index is 11.4. The number of rotatable bonds is 10. The van der Waals surface area contributed by atoms with Crippen LogP contribution >= 0.6 is 0 Å². The Morgan fingerprint density at radius 3 is 2.44 bits per heavy atom. The number of ether oxygens (including phenoxy) is 1. The fourth-order valence-electron chi connectivity index (χ4n) is 2.69. The van der Waals surface area contributed by atoms with Crippen LogP contribution in [0.3, 0.4) is 0 Å². The van der Waals surface area contributed by atoms with Crippen LogP contribution in [0.15, 0.2) is 24.0 Å². The number of nitrogens with zero attached hydrogens (tertiary/aromatic N) is 2. The van der Waals surface area contributed by atoms with E-state index < -0.39 is 16.7 Å². The molecule has 0 amide bonds. The summed E-state index contributed by atoms with van der Waals surface area (Å²) in [6, 6.07) is 4.75. The van der Waals surface area contributed by atoms with E-state index in [0.717, 1.165) is 45.7 Å². The molecule has 0 aromatic heterocycles. The average Bonchev–Trinajstić information content (AvgIpc) is 2.59. The van der Waals surface area contributed by atoms with Gasteiger partial charge in [-0.25, -0.2) is 4.79 Å². The van der Waals surface area contributed by atoms with Crippen molar-refractivity contribution in [3.05, 3.63) is 45.2 Å². The van der Waals surface area contributed by atoms with Crippen LogP contribution in [-0.4, -0.2) is 47.6 Å². The molecule has 138 valence electrons. The second kappa shape index (κ2) is 10.5. The van der Waals surface area contributed by atoms with Crippen LogP contribution in [0.25, 0.3) is 6.08 Å². The molecule has 0 radical (unpaired) electrons. The molecule has 0 bridgehead atoms. The van der Waals surface area contributed by atoms with Gasteiger partial charge in [0.25, 0.3) is 5.69 Å². The molecule has 0 aliphatic rings. The van der Waals surface area contributed by atoms with Crippen LogP contribution in [0.2, 0.25) is 0 Å². The highest BCUT2D eigenvalue weighted by atomic mass is 16.6. The van der Waals surface area contributed by atoms with Crippen LogP contribution in [-0.2, 0) is 16.0 Å². The van der Waals surface area contributed by atoms with Gasteiger partial charge >= 0.3 is 5.97 Å². The number of hydrogen-bond acceptors (Lipinski definition) is 6. The van der Waals surface area contributed by atoms with E-state index >= 15 is 0 Å². The fraction of sp³-hybridized carbons (Fsp3) is 0.500. The lowest BCUT2D eigenvalue weighted by Crippen LogP contribution is -2.28. The van der Waals surface area contributed by atoms with E-state index in [1.54, 1.807) is 12.1 Å². The zero-order valence-electron chi connectivity index (χ0n) is 15.0. The number of carbonyl (C=O) groups is 1. The summed E-state index contributed by atoms with van der Waals surface area (Å²) in [6.07, 6.45) is 3.76. The predicted molar refractivity (Wildman–Crippen MR) is 96.4 cm³/mol. The third-order valence-corrected chi connectivity index (χ3v) is 3.82. The predicted octanol–water partition coefficient (Wildman–Crippen LogP) is 3.33. The van der Waals surface area contributed by atoms with Gasteiger partial charge in [-0.15, -0.1) is 0 Å². The molecule has 7 heteroatoms. The Morgan fingerprint density at radius 2 is 1.92 bits per heavy atom. The quantitative estimate of drug-likeness (QED) is 0.229. The van der Waals surface area contributed by atoms with Crippen molar-refractivity contribution in [2.45, 2.75) is 33.1 Å².